The smallest absolute Gasteiger partial charge is 0.256 e. The van der Waals surface area contributed by atoms with Crippen LogP contribution in [0.1, 0.15) is 43.4 Å². The number of nitriles is 1. The molecule has 8 heteroatoms. The Balaban J connectivity index is 1.13. The van der Waals surface area contributed by atoms with E-state index >= 15 is 0 Å². The van der Waals surface area contributed by atoms with Crippen molar-refractivity contribution >= 4 is 28.6 Å². The van der Waals surface area contributed by atoms with Crippen LogP contribution in [0, 0.1) is 23.2 Å². The average molecular weight is 493 g/mol. The number of hydrogen-bond acceptors (Lipinski definition) is 5. The van der Waals surface area contributed by atoms with Crippen molar-refractivity contribution in [1.29, 1.82) is 5.26 Å². The van der Waals surface area contributed by atoms with Crippen LogP contribution in [-0.2, 0) is 16.6 Å². The van der Waals surface area contributed by atoms with Crippen molar-refractivity contribution < 1.29 is 9.59 Å². The van der Waals surface area contributed by atoms with Crippen LogP contribution in [0.3, 0.4) is 0 Å². The summed E-state index contributed by atoms with van der Waals surface area (Å²) in [4.78, 5) is 34.7. The first-order valence-electron chi connectivity index (χ1n) is 13.1. The summed E-state index contributed by atoms with van der Waals surface area (Å²) < 4.78 is 1.74. The summed E-state index contributed by atoms with van der Waals surface area (Å²) in [7, 11) is 1.85. The minimum Gasteiger partial charge on any atom is -0.342 e. The Morgan fingerprint density at radius 2 is 1.81 bits per heavy atom. The second kappa shape index (κ2) is 8.01. The highest BCUT2D eigenvalue weighted by Gasteiger charge is 2.57. The Hall–Kier alpha value is -3.99. The van der Waals surface area contributed by atoms with Gasteiger partial charge in [0.05, 0.1) is 5.52 Å². The normalized spacial score (nSPS) is 22.1. The van der Waals surface area contributed by atoms with Gasteiger partial charge in [-0.05, 0) is 61.3 Å². The van der Waals surface area contributed by atoms with Gasteiger partial charge < -0.3 is 4.90 Å². The van der Waals surface area contributed by atoms with E-state index in [9.17, 15) is 14.9 Å². The first kappa shape index (κ1) is 22.2. The maximum absolute atomic E-state index is 13.4. The number of carbonyl (C=O) groups excluding carboxylic acids is 2. The Bertz CT molecular complexity index is 1520. The van der Waals surface area contributed by atoms with E-state index in [0.29, 0.717) is 18.1 Å². The van der Waals surface area contributed by atoms with Crippen molar-refractivity contribution in [3.05, 3.63) is 53.7 Å². The van der Waals surface area contributed by atoms with Gasteiger partial charge in [0.25, 0.3) is 5.91 Å². The second-order valence-corrected chi connectivity index (χ2v) is 11.0. The van der Waals surface area contributed by atoms with Gasteiger partial charge in [-0.25, -0.2) is 0 Å². The molecule has 1 spiro atoms. The van der Waals surface area contributed by atoms with Crippen molar-refractivity contribution in [2.45, 2.75) is 37.6 Å². The topological polar surface area (TPSA) is 94.6 Å². The van der Waals surface area contributed by atoms with E-state index in [4.69, 9.17) is 4.99 Å². The minimum absolute atomic E-state index is 0.119. The number of fused-ring (bicyclic) bond motifs is 1. The zero-order valence-corrected chi connectivity index (χ0v) is 20.9. The Kier molecular flexibility index (Phi) is 4.81. The highest BCUT2D eigenvalue weighted by Crippen LogP contribution is 2.46. The number of likely N-dealkylation sites (tertiary alicyclic amines) is 1. The molecule has 2 aromatic carbocycles. The van der Waals surface area contributed by atoms with Crippen LogP contribution in [0.25, 0.3) is 22.0 Å². The largest absolute Gasteiger partial charge is 0.342 e. The summed E-state index contributed by atoms with van der Waals surface area (Å²) >= 11 is 0. The molecule has 0 bridgehead atoms. The maximum atomic E-state index is 13.4. The predicted molar refractivity (Wildman–Crippen MR) is 138 cm³/mol. The first-order valence-corrected chi connectivity index (χ1v) is 13.1. The minimum atomic E-state index is -0.556. The van der Waals surface area contributed by atoms with E-state index in [0.717, 1.165) is 78.6 Å². The van der Waals surface area contributed by atoms with Crippen LogP contribution in [0.15, 0.2) is 47.5 Å². The van der Waals surface area contributed by atoms with Crippen molar-refractivity contribution in [2.24, 2.45) is 23.9 Å². The summed E-state index contributed by atoms with van der Waals surface area (Å²) in [5, 5.41) is 14.5. The van der Waals surface area contributed by atoms with Gasteiger partial charge in [0, 0.05) is 43.5 Å². The quantitative estimate of drug-likeness (QED) is 0.545. The van der Waals surface area contributed by atoms with Gasteiger partial charge >= 0.3 is 0 Å². The van der Waals surface area contributed by atoms with Gasteiger partial charge in [0.15, 0.2) is 5.69 Å². The molecule has 3 fully saturated rings. The van der Waals surface area contributed by atoms with E-state index < -0.39 is 5.54 Å². The number of rotatable bonds is 5. The van der Waals surface area contributed by atoms with Gasteiger partial charge in [0.2, 0.25) is 5.91 Å². The number of hydrogen-bond donors (Lipinski definition) is 0. The molecular weight excluding hydrogens is 464 g/mol. The van der Waals surface area contributed by atoms with Gasteiger partial charge in [-0.15, -0.1) is 0 Å². The van der Waals surface area contributed by atoms with Gasteiger partial charge in [-0.3, -0.25) is 24.2 Å². The number of aliphatic imine (C=N–C) groups is 1. The van der Waals surface area contributed by atoms with Crippen LogP contribution >= 0.6 is 0 Å². The summed E-state index contributed by atoms with van der Waals surface area (Å²) in [6.07, 6.45) is 4.62. The summed E-state index contributed by atoms with van der Waals surface area (Å²) in [5.41, 5.74) is 3.82. The molecule has 2 saturated carbocycles. The number of aryl methyl sites for hydroxylation is 1. The summed E-state index contributed by atoms with van der Waals surface area (Å²) in [6, 6.07) is 16.4. The maximum Gasteiger partial charge on any atom is 0.256 e. The van der Waals surface area contributed by atoms with Crippen molar-refractivity contribution in [2.75, 3.05) is 19.6 Å². The van der Waals surface area contributed by atoms with Gasteiger partial charge in [-0.2, -0.15) is 10.4 Å². The molecule has 4 aliphatic rings. The van der Waals surface area contributed by atoms with Crippen molar-refractivity contribution in [1.82, 2.24) is 19.6 Å². The van der Waals surface area contributed by atoms with Gasteiger partial charge in [-0.1, -0.05) is 30.3 Å². The predicted octanol–water partition coefficient (Wildman–Crippen LogP) is 3.49. The molecule has 2 amide bonds. The number of carbonyl (C=O) groups is 2. The van der Waals surface area contributed by atoms with Crippen molar-refractivity contribution in [3.63, 3.8) is 0 Å². The molecule has 3 heterocycles. The van der Waals surface area contributed by atoms with E-state index in [1.807, 2.05) is 41.1 Å². The second-order valence-electron chi connectivity index (χ2n) is 11.0. The molecule has 1 aromatic heterocycles. The van der Waals surface area contributed by atoms with E-state index in [1.165, 1.54) is 0 Å². The number of amidine groups is 1. The monoisotopic (exact) mass is 492 g/mol. The summed E-state index contributed by atoms with van der Waals surface area (Å²) in [5.74, 6) is 1.71. The van der Waals surface area contributed by atoms with Crippen LogP contribution < -0.4 is 0 Å². The molecule has 186 valence electrons. The first-order chi connectivity index (χ1) is 18.0. The molecule has 1 unspecified atom stereocenters. The lowest BCUT2D eigenvalue weighted by Crippen LogP contribution is -2.40. The number of aromatic nitrogens is 2. The number of benzene rings is 2. The summed E-state index contributed by atoms with van der Waals surface area (Å²) in [6.45, 7) is 2.15. The van der Waals surface area contributed by atoms with Crippen LogP contribution in [-0.4, -0.2) is 62.4 Å². The Labute approximate surface area is 215 Å². The van der Waals surface area contributed by atoms with Crippen LogP contribution in [0.2, 0.25) is 0 Å². The van der Waals surface area contributed by atoms with Crippen LogP contribution in [0.4, 0.5) is 0 Å². The lowest BCUT2D eigenvalue weighted by Gasteiger charge is -2.23. The zero-order chi connectivity index (χ0) is 25.3. The third-order valence-corrected chi connectivity index (χ3v) is 8.34. The van der Waals surface area contributed by atoms with E-state index in [-0.39, 0.29) is 17.7 Å². The Morgan fingerprint density at radius 3 is 2.51 bits per heavy atom. The molecule has 1 atom stereocenters. The van der Waals surface area contributed by atoms with Gasteiger partial charge in [0.1, 0.15) is 17.4 Å². The lowest BCUT2D eigenvalue weighted by atomic mass is 10.0. The molecule has 2 aliphatic heterocycles. The molecular formula is C29H28N6O2. The third kappa shape index (κ3) is 3.64. The molecule has 0 N–H and O–H groups in total. The SMILES string of the molecule is Cn1nc(C#N)c2ccc(-c3ccc(C4=NC5(CC5)C(=O)N4CC4CCN(C(=O)C5CC5)C4)cc3)cc21. The molecule has 7 rings (SSSR count). The third-order valence-electron chi connectivity index (χ3n) is 8.34. The molecule has 2 aliphatic carbocycles. The molecule has 8 nitrogen and oxygen atoms in total. The van der Waals surface area contributed by atoms with E-state index in [1.54, 1.807) is 4.68 Å². The van der Waals surface area contributed by atoms with E-state index in [2.05, 4.69) is 29.4 Å². The zero-order valence-electron chi connectivity index (χ0n) is 20.9. The molecule has 0 radical (unpaired) electrons. The van der Waals surface area contributed by atoms with Crippen molar-refractivity contribution in [3.8, 4) is 17.2 Å². The molecule has 37 heavy (non-hydrogen) atoms. The van der Waals surface area contributed by atoms with Crippen LogP contribution in [0.5, 0.6) is 0 Å². The molecule has 1 saturated heterocycles. The highest BCUT2D eigenvalue weighted by atomic mass is 16.2. The fourth-order valence-corrected chi connectivity index (χ4v) is 5.85. The number of nitrogens with zero attached hydrogens (tertiary/aromatic N) is 6. The average Bonchev–Trinajstić information content (AvgIpc) is 3.83. The fraction of sp³-hybridized carbons (Fsp3) is 0.414. The highest BCUT2D eigenvalue weighted by molar-refractivity contribution is 6.16. The lowest BCUT2D eigenvalue weighted by molar-refractivity contribution is -0.131. The molecule has 3 aromatic rings. The number of amides is 2. The fourth-order valence-electron chi connectivity index (χ4n) is 5.85. The standard InChI is InChI=1S/C29H28N6O2/c1-33-25-14-22(8-9-23(25)24(15-30)32-33)19-2-4-20(5-3-19)26-31-29(11-12-29)28(37)35(26)17-18-10-13-34(16-18)27(36)21-6-7-21/h2-5,8-9,14,18,21H,6-7,10-13,16-17H2,1H3. The Morgan fingerprint density at radius 1 is 1.08 bits per heavy atom.